The molecule has 0 aliphatic heterocycles. The lowest BCUT2D eigenvalue weighted by Crippen LogP contribution is -2.33. The number of sulfonamides is 1. The van der Waals surface area contributed by atoms with Crippen LogP contribution >= 0.6 is 0 Å². The molecule has 4 aromatic rings. The molecule has 0 bridgehead atoms. The van der Waals surface area contributed by atoms with E-state index in [-0.39, 0.29) is 16.5 Å². The van der Waals surface area contributed by atoms with Crippen molar-refractivity contribution < 1.29 is 31.9 Å². The fourth-order valence-corrected chi connectivity index (χ4v) is 4.92. The molecule has 222 valence electrons. The summed E-state index contributed by atoms with van der Waals surface area (Å²) in [6.45, 7) is 2.30. The summed E-state index contributed by atoms with van der Waals surface area (Å²) >= 11 is 0. The van der Waals surface area contributed by atoms with Gasteiger partial charge in [-0.2, -0.15) is 0 Å². The molecule has 0 saturated carbocycles. The lowest BCUT2D eigenvalue weighted by molar-refractivity contribution is 0.116. The number of carbonyl (C=O) groups excluding carboxylic acids is 2. The van der Waals surface area contributed by atoms with Gasteiger partial charge in [-0.05, 0) is 59.5 Å². The summed E-state index contributed by atoms with van der Waals surface area (Å²) < 4.78 is 48.2. The largest absolute Gasteiger partial charge is 0.436 e. The van der Waals surface area contributed by atoms with Crippen LogP contribution in [-0.4, -0.2) is 33.0 Å². The van der Waals surface area contributed by atoms with Crippen molar-refractivity contribution in [3.05, 3.63) is 120 Å². The van der Waals surface area contributed by atoms with Crippen LogP contribution in [0.15, 0.2) is 102 Å². The van der Waals surface area contributed by atoms with E-state index in [1.54, 1.807) is 66.7 Å². The predicted octanol–water partition coefficient (Wildman–Crippen LogP) is 5.48. The van der Waals surface area contributed by atoms with Gasteiger partial charge in [0.1, 0.15) is 17.4 Å². The second-order valence-corrected chi connectivity index (χ2v) is 10.9. The number of ether oxygens (including phenoxy) is 2. The predicted molar refractivity (Wildman–Crippen MR) is 159 cm³/mol. The molecule has 0 fully saturated rings. The standard InChI is InChI=1S/C31H29FN4O6S/c1-2-18-35-30(37)42-28(21-12-10-20(11-13-21)26-8-3-4-9-27(26)43(34,39)40)22-6-5-7-23(19-22)29(33)36-31(38)41-25-16-14-24(32)15-17-25/h3-17,19,28H,2,18H2,1H3,(H,35,37)(H2,33,36,38)(H2,34,39,40). The van der Waals surface area contributed by atoms with Crippen LogP contribution in [0.25, 0.3) is 11.1 Å². The van der Waals surface area contributed by atoms with Gasteiger partial charge >= 0.3 is 12.2 Å². The van der Waals surface area contributed by atoms with Crippen molar-refractivity contribution in [3.63, 3.8) is 0 Å². The Kier molecular flexibility index (Phi) is 9.86. The first kappa shape index (κ1) is 30.9. The summed E-state index contributed by atoms with van der Waals surface area (Å²) in [5.74, 6) is -0.666. The third-order valence-corrected chi connectivity index (χ3v) is 7.16. The van der Waals surface area contributed by atoms with Crippen molar-refractivity contribution in [2.75, 3.05) is 6.54 Å². The second kappa shape index (κ2) is 13.7. The zero-order valence-corrected chi connectivity index (χ0v) is 23.9. The van der Waals surface area contributed by atoms with Gasteiger partial charge < -0.3 is 14.8 Å². The molecule has 2 amide bonds. The van der Waals surface area contributed by atoms with Crippen LogP contribution in [0.2, 0.25) is 0 Å². The number of nitrogens with one attached hydrogen (secondary N) is 3. The summed E-state index contributed by atoms with van der Waals surface area (Å²) in [5, 5.41) is 18.8. The van der Waals surface area contributed by atoms with Crippen molar-refractivity contribution in [1.29, 1.82) is 5.41 Å². The quantitative estimate of drug-likeness (QED) is 0.146. The zero-order chi connectivity index (χ0) is 31.0. The minimum absolute atomic E-state index is 0.0221. The average molecular weight is 605 g/mol. The van der Waals surface area contributed by atoms with Crippen LogP contribution < -0.4 is 20.5 Å². The van der Waals surface area contributed by atoms with Crippen LogP contribution in [0.3, 0.4) is 0 Å². The molecule has 0 saturated heterocycles. The van der Waals surface area contributed by atoms with Gasteiger partial charge in [-0.25, -0.2) is 27.5 Å². The number of hydrogen-bond acceptors (Lipinski definition) is 7. The first-order valence-corrected chi connectivity index (χ1v) is 14.7. The Bertz CT molecular complexity index is 1730. The van der Waals surface area contributed by atoms with E-state index in [4.69, 9.17) is 20.0 Å². The second-order valence-electron chi connectivity index (χ2n) is 9.34. The number of carbonyl (C=O) groups is 2. The van der Waals surface area contributed by atoms with Crippen LogP contribution in [-0.2, 0) is 14.8 Å². The topological polar surface area (TPSA) is 161 Å². The van der Waals surface area contributed by atoms with Crippen molar-refractivity contribution in [2.45, 2.75) is 24.3 Å². The summed E-state index contributed by atoms with van der Waals surface area (Å²) in [4.78, 5) is 24.9. The lowest BCUT2D eigenvalue weighted by atomic mass is 9.96. The summed E-state index contributed by atoms with van der Waals surface area (Å²) in [6, 6.07) is 24.5. The highest BCUT2D eigenvalue weighted by atomic mass is 32.2. The van der Waals surface area contributed by atoms with Crippen molar-refractivity contribution in [2.24, 2.45) is 5.14 Å². The number of benzene rings is 4. The van der Waals surface area contributed by atoms with E-state index in [1.807, 2.05) is 6.92 Å². The fraction of sp³-hybridized carbons (Fsp3) is 0.129. The Morgan fingerprint density at radius 3 is 2.28 bits per heavy atom. The molecule has 0 heterocycles. The molecule has 43 heavy (non-hydrogen) atoms. The van der Waals surface area contributed by atoms with Gasteiger partial charge in [-0.15, -0.1) is 0 Å². The highest BCUT2D eigenvalue weighted by Gasteiger charge is 2.22. The van der Waals surface area contributed by atoms with E-state index in [0.717, 1.165) is 12.1 Å². The molecule has 4 rings (SSSR count). The molecule has 4 aromatic carbocycles. The number of nitrogens with two attached hydrogens (primary N) is 1. The number of amides is 2. The number of rotatable bonds is 9. The van der Waals surface area contributed by atoms with E-state index in [2.05, 4.69) is 10.6 Å². The molecule has 5 N–H and O–H groups in total. The monoisotopic (exact) mass is 604 g/mol. The minimum Gasteiger partial charge on any atom is -0.436 e. The van der Waals surface area contributed by atoms with E-state index in [0.29, 0.717) is 40.8 Å². The molecule has 12 heteroatoms. The Balaban J connectivity index is 1.60. The van der Waals surface area contributed by atoms with Crippen LogP contribution in [0.5, 0.6) is 5.75 Å². The number of primary sulfonamides is 1. The molecule has 1 atom stereocenters. The third-order valence-electron chi connectivity index (χ3n) is 6.19. The van der Waals surface area contributed by atoms with Crippen LogP contribution in [0.4, 0.5) is 14.0 Å². The molecular weight excluding hydrogens is 575 g/mol. The Hall–Kier alpha value is -5.07. The highest BCUT2D eigenvalue weighted by molar-refractivity contribution is 7.89. The first-order valence-electron chi connectivity index (χ1n) is 13.1. The molecule has 0 aromatic heterocycles. The van der Waals surface area contributed by atoms with Gasteiger partial charge in [0, 0.05) is 17.7 Å². The Labute approximate surface area is 248 Å². The van der Waals surface area contributed by atoms with Crippen molar-refractivity contribution in [3.8, 4) is 16.9 Å². The Morgan fingerprint density at radius 2 is 1.60 bits per heavy atom. The van der Waals surface area contributed by atoms with Crippen molar-refractivity contribution >= 4 is 28.0 Å². The van der Waals surface area contributed by atoms with Gasteiger partial charge in [0.15, 0.2) is 6.10 Å². The SMILES string of the molecule is CCCNC(=O)OC(c1ccc(-c2ccccc2S(N)(=O)=O)cc1)c1cccc(C(=N)NC(=O)Oc2ccc(F)cc2)c1. The van der Waals surface area contributed by atoms with Gasteiger partial charge in [-0.1, -0.05) is 67.6 Å². The molecule has 10 nitrogen and oxygen atoms in total. The highest BCUT2D eigenvalue weighted by Crippen LogP contribution is 2.31. The van der Waals surface area contributed by atoms with Gasteiger partial charge in [0.25, 0.3) is 0 Å². The maximum Gasteiger partial charge on any atom is 0.418 e. The number of amidine groups is 1. The fourth-order valence-electron chi connectivity index (χ4n) is 4.16. The average Bonchev–Trinajstić information content (AvgIpc) is 2.99. The summed E-state index contributed by atoms with van der Waals surface area (Å²) in [7, 11) is -3.97. The van der Waals surface area contributed by atoms with E-state index in [1.165, 1.54) is 18.2 Å². The molecule has 1 unspecified atom stereocenters. The maximum absolute atomic E-state index is 13.1. The summed E-state index contributed by atoms with van der Waals surface area (Å²) in [5.41, 5.74) is 2.37. The van der Waals surface area contributed by atoms with Gasteiger partial charge in [0.05, 0.1) is 4.90 Å². The zero-order valence-electron chi connectivity index (χ0n) is 23.0. The molecule has 0 spiro atoms. The van der Waals surface area contributed by atoms with Gasteiger partial charge in [0.2, 0.25) is 10.0 Å². The molecule has 0 aliphatic rings. The molecule has 0 aliphatic carbocycles. The van der Waals surface area contributed by atoms with E-state index >= 15 is 0 Å². The normalized spacial score (nSPS) is 11.7. The third kappa shape index (κ3) is 8.24. The molecular formula is C31H29FN4O6S. The van der Waals surface area contributed by atoms with Crippen LogP contribution in [0.1, 0.15) is 36.1 Å². The molecule has 0 radical (unpaired) electrons. The lowest BCUT2D eigenvalue weighted by Gasteiger charge is -2.20. The smallest absolute Gasteiger partial charge is 0.418 e. The van der Waals surface area contributed by atoms with Crippen molar-refractivity contribution in [1.82, 2.24) is 10.6 Å². The van der Waals surface area contributed by atoms with E-state index < -0.39 is 34.1 Å². The number of hydrogen-bond donors (Lipinski definition) is 4. The maximum atomic E-state index is 13.1. The summed E-state index contributed by atoms with van der Waals surface area (Å²) in [6.07, 6.45) is -1.82. The first-order chi connectivity index (χ1) is 20.5. The number of halogens is 1. The Morgan fingerprint density at radius 1 is 0.907 bits per heavy atom. The number of alkyl carbamates (subject to hydrolysis) is 1. The van der Waals surface area contributed by atoms with Crippen LogP contribution in [0, 0.1) is 11.2 Å². The van der Waals surface area contributed by atoms with E-state index in [9.17, 15) is 22.4 Å². The van der Waals surface area contributed by atoms with Gasteiger partial charge in [-0.3, -0.25) is 10.7 Å². The minimum atomic E-state index is -3.97.